The van der Waals surface area contributed by atoms with Crippen molar-refractivity contribution >= 4 is 34.1 Å². The fourth-order valence-electron chi connectivity index (χ4n) is 2.58. The molecule has 0 unspecified atom stereocenters. The second-order valence-electron chi connectivity index (χ2n) is 5.81. The Morgan fingerprint density at radius 1 is 1.26 bits per heavy atom. The largest absolute Gasteiger partial charge is 0.492 e. The van der Waals surface area contributed by atoms with Crippen molar-refractivity contribution in [1.82, 2.24) is 9.55 Å². The number of anilines is 1. The number of hydrogen-bond acceptors (Lipinski definition) is 5. The van der Waals surface area contributed by atoms with E-state index in [2.05, 4.69) is 10.3 Å². The van der Waals surface area contributed by atoms with E-state index >= 15 is 0 Å². The smallest absolute Gasteiger partial charge is 0.261 e. The number of carbonyl (C=O) groups is 1. The molecule has 0 aliphatic heterocycles. The number of carbonyl (C=O) groups excluding carboxylic acids is 1. The van der Waals surface area contributed by atoms with Crippen molar-refractivity contribution in [1.29, 1.82) is 0 Å². The lowest BCUT2D eigenvalue weighted by atomic mass is 10.2. The Labute approximate surface area is 160 Å². The van der Waals surface area contributed by atoms with E-state index in [1.54, 1.807) is 30.3 Å². The molecule has 3 aromatic rings. The lowest BCUT2D eigenvalue weighted by molar-refractivity contribution is -0.118. The van der Waals surface area contributed by atoms with Crippen LogP contribution in [0.2, 0.25) is 5.02 Å². The number of aliphatic hydroxyl groups excluding tert-OH is 1. The van der Waals surface area contributed by atoms with Crippen molar-refractivity contribution < 1.29 is 14.6 Å². The average Bonchev–Trinajstić information content (AvgIpc) is 2.68. The number of amides is 1. The van der Waals surface area contributed by atoms with Gasteiger partial charge in [-0.1, -0.05) is 23.7 Å². The third-order valence-corrected chi connectivity index (χ3v) is 4.20. The predicted molar refractivity (Wildman–Crippen MR) is 103 cm³/mol. The molecule has 0 saturated heterocycles. The van der Waals surface area contributed by atoms with E-state index in [-0.39, 0.29) is 5.56 Å². The summed E-state index contributed by atoms with van der Waals surface area (Å²) in [6.45, 7) is 0.209. The van der Waals surface area contributed by atoms with Gasteiger partial charge in [-0.15, -0.1) is 0 Å². The lowest BCUT2D eigenvalue weighted by Crippen LogP contribution is -2.22. The van der Waals surface area contributed by atoms with Gasteiger partial charge in [-0.05, 0) is 36.8 Å². The monoisotopic (exact) mass is 387 g/mol. The van der Waals surface area contributed by atoms with Gasteiger partial charge in [0.2, 0.25) is 5.91 Å². The second-order valence-corrected chi connectivity index (χ2v) is 6.22. The molecule has 0 saturated carbocycles. The van der Waals surface area contributed by atoms with Crippen LogP contribution in [0, 0.1) is 0 Å². The van der Waals surface area contributed by atoms with Crippen molar-refractivity contribution in [3.8, 4) is 5.75 Å². The van der Waals surface area contributed by atoms with Crippen molar-refractivity contribution in [3.63, 3.8) is 0 Å². The number of aryl methyl sites for hydroxylation is 1. The number of ether oxygens (including phenoxy) is 1. The van der Waals surface area contributed by atoms with Crippen LogP contribution in [-0.2, 0) is 11.3 Å². The van der Waals surface area contributed by atoms with Gasteiger partial charge in [0, 0.05) is 12.2 Å². The van der Waals surface area contributed by atoms with Gasteiger partial charge in [-0.3, -0.25) is 14.2 Å². The third kappa shape index (κ3) is 4.64. The molecule has 27 heavy (non-hydrogen) atoms. The van der Waals surface area contributed by atoms with Crippen LogP contribution >= 0.6 is 11.6 Å². The minimum atomic E-state index is -0.624. The fourth-order valence-corrected chi connectivity index (χ4v) is 2.77. The van der Waals surface area contributed by atoms with Gasteiger partial charge in [0.1, 0.15) is 12.4 Å². The molecule has 0 aliphatic carbocycles. The normalized spacial score (nSPS) is 10.7. The maximum Gasteiger partial charge on any atom is 0.261 e. The minimum absolute atomic E-state index is 0.210. The first kappa shape index (κ1) is 18.9. The second kappa shape index (κ2) is 8.66. The Balaban J connectivity index is 1.69. The number of aliphatic hydroxyl groups is 1. The molecular weight excluding hydrogens is 370 g/mol. The standard InChI is InChI=1S/C19H18ClN3O4/c20-15-4-1-2-5-17(15)27-9-3-8-23-12-21-16-7-6-13(22-18(25)11-24)10-14(16)19(23)26/h1-2,4-7,10,12,24H,3,8-9,11H2,(H,22,25). The van der Waals surface area contributed by atoms with Gasteiger partial charge in [0.25, 0.3) is 5.56 Å². The molecule has 1 amide bonds. The van der Waals surface area contributed by atoms with Gasteiger partial charge in [-0.2, -0.15) is 0 Å². The topological polar surface area (TPSA) is 93.5 Å². The Morgan fingerprint density at radius 2 is 2.07 bits per heavy atom. The zero-order valence-corrected chi connectivity index (χ0v) is 15.1. The number of nitrogens with one attached hydrogen (secondary N) is 1. The Hall–Kier alpha value is -2.90. The molecule has 8 heteroatoms. The molecule has 0 fully saturated rings. The van der Waals surface area contributed by atoms with Crippen LogP contribution in [0.1, 0.15) is 6.42 Å². The quantitative estimate of drug-likeness (QED) is 0.607. The number of aromatic nitrogens is 2. The summed E-state index contributed by atoms with van der Waals surface area (Å²) in [4.78, 5) is 28.2. The van der Waals surface area contributed by atoms with Crippen LogP contribution in [-0.4, -0.2) is 33.8 Å². The van der Waals surface area contributed by atoms with Crippen molar-refractivity contribution in [3.05, 3.63) is 64.2 Å². The van der Waals surface area contributed by atoms with E-state index in [1.807, 2.05) is 12.1 Å². The molecule has 1 heterocycles. The molecule has 1 aromatic heterocycles. The molecule has 2 N–H and O–H groups in total. The van der Waals surface area contributed by atoms with Crippen LogP contribution in [0.25, 0.3) is 10.9 Å². The summed E-state index contributed by atoms with van der Waals surface area (Å²) < 4.78 is 7.12. The van der Waals surface area contributed by atoms with Gasteiger partial charge >= 0.3 is 0 Å². The average molecular weight is 388 g/mol. The molecule has 0 atom stereocenters. The van der Waals surface area contributed by atoms with Gasteiger partial charge in [-0.25, -0.2) is 4.98 Å². The van der Waals surface area contributed by atoms with Gasteiger partial charge < -0.3 is 15.2 Å². The molecule has 7 nitrogen and oxygen atoms in total. The van der Waals surface area contributed by atoms with E-state index in [1.165, 1.54) is 10.9 Å². The SMILES string of the molecule is O=C(CO)Nc1ccc2ncn(CCCOc3ccccc3Cl)c(=O)c2c1. The minimum Gasteiger partial charge on any atom is -0.492 e. The summed E-state index contributed by atoms with van der Waals surface area (Å²) in [5, 5.41) is 12.3. The van der Waals surface area contributed by atoms with E-state index in [9.17, 15) is 9.59 Å². The highest BCUT2D eigenvalue weighted by Crippen LogP contribution is 2.23. The summed E-state index contributed by atoms with van der Waals surface area (Å²) in [6.07, 6.45) is 2.09. The maximum atomic E-state index is 12.7. The van der Waals surface area contributed by atoms with Crippen molar-refractivity contribution in [2.24, 2.45) is 0 Å². The van der Waals surface area contributed by atoms with Gasteiger partial charge in [0.05, 0.1) is 28.9 Å². The highest BCUT2D eigenvalue weighted by atomic mass is 35.5. The summed E-state index contributed by atoms with van der Waals surface area (Å²) in [6, 6.07) is 12.0. The molecule has 2 aromatic carbocycles. The number of hydrogen-bond donors (Lipinski definition) is 2. The molecule has 140 valence electrons. The van der Waals surface area contributed by atoms with E-state index in [4.69, 9.17) is 21.4 Å². The molecule has 0 spiro atoms. The number of para-hydroxylation sites is 1. The molecule has 0 aliphatic rings. The zero-order valence-electron chi connectivity index (χ0n) is 14.4. The number of benzene rings is 2. The molecular formula is C19H18ClN3O4. The van der Waals surface area contributed by atoms with Crippen LogP contribution in [0.5, 0.6) is 5.75 Å². The predicted octanol–water partition coefficient (Wildman–Crippen LogP) is 2.45. The first-order chi connectivity index (χ1) is 13.1. The highest BCUT2D eigenvalue weighted by molar-refractivity contribution is 6.32. The molecule has 0 radical (unpaired) electrons. The summed E-state index contributed by atoms with van der Waals surface area (Å²) >= 11 is 6.04. The van der Waals surface area contributed by atoms with Crippen LogP contribution < -0.4 is 15.6 Å². The van der Waals surface area contributed by atoms with Crippen molar-refractivity contribution in [2.75, 3.05) is 18.5 Å². The maximum absolute atomic E-state index is 12.7. The summed E-state index contributed by atoms with van der Waals surface area (Å²) in [5.41, 5.74) is 0.753. The van der Waals surface area contributed by atoms with E-state index in [0.29, 0.717) is 46.9 Å². The molecule has 3 rings (SSSR count). The first-order valence-electron chi connectivity index (χ1n) is 8.36. The summed E-state index contributed by atoms with van der Waals surface area (Å²) in [5.74, 6) is 0.0581. The van der Waals surface area contributed by atoms with Gasteiger partial charge in [0.15, 0.2) is 0 Å². The third-order valence-electron chi connectivity index (χ3n) is 3.89. The van der Waals surface area contributed by atoms with E-state index in [0.717, 1.165) is 0 Å². The number of rotatable bonds is 7. The molecule has 0 bridgehead atoms. The van der Waals surface area contributed by atoms with E-state index < -0.39 is 12.5 Å². The Morgan fingerprint density at radius 3 is 2.85 bits per heavy atom. The highest BCUT2D eigenvalue weighted by Gasteiger charge is 2.07. The van der Waals surface area contributed by atoms with Crippen LogP contribution in [0.15, 0.2) is 53.6 Å². The number of nitrogens with zero attached hydrogens (tertiary/aromatic N) is 2. The zero-order chi connectivity index (χ0) is 19.2. The lowest BCUT2D eigenvalue weighted by Gasteiger charge is -2.10. The Kier molecular flexibility index (Phi) is 6.05. The van der Waals surface area contributed by atoms with Crippen LogP contribution in [0.3, 0.4) is 0 Å². The van der Waals surface area contributed by atoms with Crippen LogP contribution in [0.4, 0.5) is 5.69 Å². The first-order valence-corrected chi connectivity index (χ1v) is 8.73. The summed E-state index contributed by atoms with van der Waals surface area (Å²) in [7, 11) is 0. The van der Waals surface area contributed by atoms with Crippen molar-refractivity contribution in [2.45, 2.75) is 13.0 Å². The Bertz CT molecular complexity index is 1020. The number of fused-ring (bicyclic) bond motifs is 1. The number of halogens is 1. The fraction of sp³-hybridized carbons (Fsp3) is 0.211.